The van der Waals surface area contributed by atoms with Gasteiger partial charge in [0.2, 0.25) is 0 Å². The van der Waals surface area contributed by atoms with Gasteiger partial charge in [-0.05, 0) is 44.6 Å². The van der Waals surface area contributed by atoms with Gasteiger partial charge in [0, 0.05) is 25.2 Å². The van der Waals surface area contributed by atoms with Crippen LogP contribution in [0.25, 0.3) is 0 Å². The van der Waals surface area contributed by atoms with Crippen molar-refractivity contribution in [2.45, 2.75) is 83.7 Å². The Morgan fingerprint density at radius 3 is 2.37 bits per heavy atom. The minimum absolute atomic E-state index is 0.462. The fraction of sp³-hybridized carbons (Fsp3) is 1.00. The Kier molecular flexibility index (Phi) is 5.70. The van der Waals surface area contributed by atoms with Crippen molar-refractivity contribution in [1.29, 1.82) is 0 Å². The van der Waals surface area contributed by atoms with Gasteiger partial charge in [-0.3, -0.25) is 0 Å². The molecular weight excluding hydrogens is 232 g/mol. The maximum atomic E-state index is 3.76. The molecule has 0 saturated heterocycles. The predicted molar refractivity (Wildman–Crippen MR) is 83.5 cm³/mol. The third-order valence-electron chi connectivity index (χ3n) is 5.08. The van der Waals surface area contributed by atoms with E-state index in [4.69, 9.17) is 0 Å². The second kappa shape index (κ2) is 7.08. The molecule has 2 saturated carbocycles. The Hall–Kier alpha value is -0.0800. The van der Waals surface area contributed by atoms with E-state index in [-0.39, 0.29) is 0 Å². The molecule has 1 unspecified atom stereocenters. The number of hydrogen-bond acceptors (Lipinski definition) is 2. The fourth-order valence-corrected chi connectivity index (χ4v) is 3.76. The van der Waals surface area contributed by atoms with E-state index in [1.165, 1.54) is 70.9 Å². The summed E-state index contributed by atoms with van der Waals surface area (Å²) in [6, 6.07) is 1.70. The summed E-state index contributed by atoms with van der Waals surface area (Å²) >= 11 is 0. The van der Waals surface area contributed by atoms with Crippen molar-refractivity contribution >= 4 is 0 Å². The standard InChI is InChI=1S/C17H34N2/c1-4-12-17(2,13-18-15-10-11-15)14-19(3)16-8-6-5-7-9-16/h15-16,18H,4-14H2,1-3H3. The summed E-state index contributed by atoms with van der Waals surface area (Å²) in [5.74, 6) is 0. The molecule has 0 spiro atoms. The third-order valence-corrected chi connectivity index (χ3v) is 5.08. The van der Waals surface area contributed by atoms with Crippen molar-refractivity contribution in [3.63, 3.8) is 0 Å². The molecule has 2 heteroatoms. The van der Waals surface area contributed by atoms with Gasteiger partial charge in [-0.25, -0.2) is 0 Å². The maximum absolute atomic E-state index is 3.76. The quantitative estimate of drug-likeness (QED) is 0.718. The molecule has 0 heterocycles. The molecular formula is C17H34N2. The zero-order valence-electron chi connectivity index (χ0n) is 13.4. The average Bonchev–Trinajstić information content (AvgIpc) is 3.22. The Balaban J connectivity index is 1.82. The molecule has 2 aliphatic rings. The van der Waals surface area contributed by atoms with Crippen LogP contribution >= 0.6 is 0 Å². The highest BCUT2D eigenvalue weighted by Gasteiger charge is 2.31. The topological polar surface area (TPSA) is 15.3 Å². The largest absolute Gasteiger partial charge is 0.313 e. The van der Waals surface area contributed by atoms with Crippen LogP contribution in [0.3, 0.4) is 0 Å². The molecule has 19 heavy (non-hydrogen) atoms. The summed E-state index contributed by atoms with van der Waals surface area (Å²) in [5.41, 5.74) is 0.462. The molecule has 1 N–H and O–H groups in total. The highest BCUT2D eigenvalue weighted by Crippen LogP contribution is 2.29. The van der Waals surface area contributed by atoms with Crippen molar-refractivity contribution in [3.05, 3.63) is 0 Å². The third kappa shape index (κ3) is 5.07. The Labute approximate surface area is 120 Å². The molecule has 1 atom stereocenters. The van der Waals surface area contributed by atoms with Crippen molar-refractivity contribution < 1.29 is 0 Å². The lowest BCUT2D eigenvalue weighted by atomic mass is 9.83. The molecule has 2 rings (SSSR count). The summed E-state index contributed by atoms with van der Waals surface area (Å²) in [5, 5.41) is 3.76. The second-order valence-corrected chi connectivity index (χ2v) is 7.42. The predicted octanol–water partition coefficient (Wildman–Crippen LogP) is 3.81. The van der Waals surface area contributed by atoms with Gasteiger partial charge in [0.1, 0.15) is 0 Å². The summed E-state index contributed by atoms with van der Waals surface area (Å²) in [6.07, 6.45) is 12.7. The van der Waals surface area contributed by atoms with Crippen molar-refractivity contribution in [3.8, 4) is 0 Å². The van der Waals surface area contributed by atoms with E-state index >= 15 is 0 Å². The van der Waals surface area contributed by atoms with Crippen molar-refractivity contribution in [2.75, 3.05) is 20.1 Å². The average molecular weight is 266 g/mol. The van der Waals surface area contributed by atoms with Gasteiger partial charge in [-0.2, -0.15) is 0 Å². The molecule has 2 fully saturated rings. The highest BCUT2D eigenvalue weighted by atomic mass is 15.1. The Morgan fingerprint density at radius 1 is 1.11 bits per heavy atom. The van der Waals surface area contributed by atoms with E-state index in [0.29, 0.717) is 5.41 Å². The zero-order chi connectivity index (χ0) is 13.7. The lowest BCUT2D eigenvalue weighted by molar-refractivity contribution is 0.114. The van der Waals surface area contributed by atoms with Crippen LogP contribution in [0.15, 0.2) is 0 Å². The summed E-state index contributed by atoms with van der Waals surface area (Å²) in [4.78, 5) is 2.67. The van der Waals surface area contributed by atoms with E-state index in [2.05, 4.69) is 31.1 Å². The van der Waals surface area contributed by atoms with Gasteiger partial charge in [-0.15, -0.1) is 0 Å². The summed E-state index contributed by atoms with van der Waals surface area (Å²) in [7, 11) is 2.36. The molecule has 2 aliphatic carbocycles. The SMILES string of the molecule is CCCC(C)(CNC1CC1)CN(C)C1CCCCC1. The minimum atomic E-state index is 0.462. The summed E-state index contributed by atoms with van der Waals surface area (Å²) in [6.45, 7) is 7.30. The number of nitrogens with zero attached hydrogens (tertiary/aromatic N) is 1. The lowest BCUT2D eigenvalue weighted by Crippen LogP contribution is -2.45. The number of nitrogens with one attached hydrogen (secondary N) is 1. The van der Waals surface area contributed by atoms with Crippen LogP contribution in [0.2, 0.25) is 0 Å². The molecule has 0 aromatic heterocycles. The van der Waals surface area contributed by atoms with E-state index in [1.54, 1.807) is 0 Å². The van der Waals surface area contributed by atoms with Gasteiger partial charge in [-0.1, -0.05) is 39.5 Å². The lowest BCUT2D eigenvalue weighted by Gasteiger charge is -2.39. The van der Waals surface area contributed by atoms with E-state index in [9.17, 15) is 0 Å². The monoisotopic (exact) mass is 266 g/mol. The first-order chi connectivity index (χ1) is 9.13. The van der Waals surface area contributed by atoms with Crippen LogP contribution in [0, 0.1) is 5.41 Å². The van der Waals surface area contributed by atoms with Crippen LogP contribution < -0.4 is 5.32 Å². The number of rotatable bonds is 8. The smallest absolute Gasteiger partial charge is 0.00924 e. The molecule has 0 aliphatic heterocycles. The Morgan fingerprint density at radius 2 is 1.79 bits per heavy atom. The van der Waals surface area contributed by atoms with Gasteiger partial charge in [0.15, 0.2) is 0 Å². The van der Waals surface area contributed by atoms with Crippen LogP contribution in [-0.2, 0) is 0 Å². The maximum Gasteiger partial charge on any atom is 0.00924 e. The van der Waals surface area contributed by atoms with Crippen molar-refractivity contribution in [1.82, 2.24) is 10.2 Å². The van der Waals surface area contributed by atoms with E-state index in [1.807, 2.05) is 0 Å². The normalized spacial score (nSPS) is 24.6. The molecule has 0 radical (unpaired) electrons. The van der Waals surface area contributed by atoms with Crippen LogP contribution in [0.4, 0.5) is 0 Å². The van der Waals surface area contributed by atoms with Crippen LogP contribution in [-0.4, -0.2) is 37.1 Å². The summed E-state index contributed by atoms with van der Waals surface area (Å²) < 4.78 is 0. The molecule has 0 aromatic rings. The molecule has 0 bridgehead atoms. The van der Waals surface area contributed by atoms with Crippen molar-refractivity contribution in [2.24, 2.45) is 5.41 Å². The first-order valence-electron chi connectivity index (χ1n) is 8.56. The zero-order valence-corrected chi connectivity index (χ0v) is 13.4. The molecule has 0 amide bonds. The van der Waals surface area contributed by atoms with Gasteiger partial charge in [0.05, 0.1) is 0 Å². The van der Waals surface area contributed by atoms with Crippen LogP contribution in [0.1, 0.15) is 71.6 Å². The molecule has 0 aromatic carbocycles. The Bertz CT molecular complexity index is 256. The van der Waals surface area contributed by atoms with E-state index in [0.717, 1.165) is 12.1 Å². The molecule has 2 nitrogen and oxygen atoms in total. The van der Waals surface area contributed by atoms with Crippen LogP contribution in [0.5, 0.6) is 0 Å². The second-order valence-electron chi connectivity index (χ2n) is 7.42. The highest BCUT2D eigenvalue weighted by molar-refractivity contribution is 4.88. The van der Waals surface area contributed by atoms with E-state index < -0.39 is 0 Å². The molecule has 112 valence electrons. The van der Waals surface area contributed by atoms with Gasteiger partial charge < -0.3 is 10.2 Å². The first-order valence-corrected chi connectivity index (χ1v) is 8.56. The minimum Gasteiger partial charge on any atom is -0.313 e. The van der Waals surface area contributed by atoms with Gasteiger partial charge in [0.25, 0.3) is 0 Å². The van der Waals surface area contributed by atoms with Gasteiger partial charge >= 0.3 is 0 Å². The first kappa shape index (κ1) is 15.3. The number of hydrogen-bond donors (Lipinski definition) is 1. The fourth-order valence-electron chi connectivity index (χ4n) is 3.76.